The Labute approximate surface area is 115 Å². The number of ether oxygens (including phenoxy) is 1. The summed E-state index contributed by atoms with van der Waals surface area (Å²) < 4.78 is 5.36. The molecule has 1 amide bonds. The number of rotatable bonds is 3. The molecule has 110 valence electrons. The minimum Gasteiger partial charge on any atom is -0.381 e. The topological polar surface area (TPSA) is 67.6 Å². The van der Waals surface area contributed by atoms with Gasteiger partial charge >= 0.3 is 0 Å². The number of amides is 1. The van der Waals surface area contributed by atoms with Gasteiger partial charge in [0.25, 0.3) is 0 Å². The van der Waals surface area contributed by atoms with Crippen molar-refractivity contribution in [1.82, 2.24) is 10.2 Å². The SMILES string of the molecule is CC1CN(C)CCC1NC(=O)C1(CN)CCOCC1. The van der Waals surface area contributed by atoms with Crippen molar-refractivity contribution in [2.24, 2.45) is 17.1 Å². The van der Waals surface area contributed by atoms with Crippen LogP contribution in [0.4, 0.5) is 0 Å². The Hall–Kier alpha value is -0.650. The van der Waals surface area contributed by atoms with Crippen LogP contribution in [0.25, 0.3) is 0 Å². The van der Waals surface area contributed by atoms with E-state index in [2.05, 4.69) is 24.2 Å². The van der Waals surface area contributed by atoms with Crippen LogP contribution in [-0.4, -0.2) is 56.7 Å². The fourth-order valence-corrected chi connectivity index (χ4v) is 3.18. The molecule has 0 aliphatic carbocycles. The van der Waals surface area contributed by atoms with Crippen molar-refractivity contribution in [2.45, 2.75) is 32.2 Å². The summed E-state index contributed by atoms with van der Waals surface area (Å²) in [5, 5.41) is 3.25. The highest BCUT2D eigenvalue weighted by Gasteiger charge is 2.40. The van der Waals surface area contributed by atoms with Gasteiger partial charge in [-0.1, -0.05) is 6.92 Å². The van der Waals surface area contributed by atoms with Crippen molar-refractivity contribution >= 4 is 5.91 Å². The highest BCUT2D eigenvalue weighted by molar-refractivity contribution is 5.83. The maximum Gasteiger partial charge on any atom is 0.227 e. The van der Waals surface area contributed by atoms with Gasteiger partial charge in [0.2, 0.25) is 5.91 Å². The molecule has 5 heteroatoms. The molecule has 2 rings (SSSR count). The Morgan fingerprint density at radius 1 is 1.47 bits per heavy atom. The van der Waals surface area contributed by atoms with Crippen molar-refractivity contribution in [2.75, 3.05) is 39.9 Å². The minimum atomic E-state index is -0.401. The van der Waals surface area contributed by atoms with Crippen molar-refractivity contribution < 1.29 is 9.53 Å². The highest BCUT2D eigenvalue weighted by atomic mass is 16.5. The Morgan fingerprint density at radius 2 is 2.16 bits per heavy atom. The summed E-state index contributed by atoms with van der Waals surface area (Å²) in [5.74, 6) is 0.636. The maximum atomic E-state index is 12.6. The van der Waals surface area contributed by atoms with Crippen LogP contribution < -0.4 is 11.1 Å². The average molecular weight is 269 g/mol. The number of likely N-dealkylation sites (tertiary alicyclic amines) is 1. The normalized spacial score (nSPS) is 31.9. The fourth-order valence-electron chi connectivity index (χ4n) is 3.18. The molecular formula is C14H27N3O2. The lowest BCUT2D eigenvalue weighted by atomic mass is 9.78. The molecule has 0 saturated carbocycles. The van der Waals surface area contributed by atoms with Crippen LogP contribution >= 0.6 is 0 Å². The second kappa shape index (κ2) is 6.20. The van der Waals surface area contributed by atoms with E-state index in [4.69, 9.17) is 10.5 Å². The molecule has 2 unspecified atom stereocenters. The average Bonchev–Trinajstić information content (AvgIpc) is 2.42. The van der Waals surface area contributed by atoms with E-state index >= 15 is 0 Å². The van der Waals surface area contributed by atoms with Crippen LogP contribution in [0.3, 0.4) is 0 Å². The number of hydrogen-bond donors (Lipinski definition) is 2. The molecule has 0 aromatic heterocycles. The first-order valence-corrected chi connectivity index (χ1v) is 7.35. The third-order valence-corrected chi connectivity index (χ3v) is 4.75. The zero-order valence-corrected chi connectivity index (χ0v) is 12.2. The summed E-state index contributed by atoms with van der Waals surface area (Å²) in [4.78, 5) is 14.9. The number of nitrogens with one attached hydrogen (secondary N) is 1. The van der Waals surface area contributed by atoms with Gasteiger partial charge in [-0.3, -0.25) is 4.79 Å². The number of nitrogens with two attached hydrogens (primary N) is 1. The molecule has 2 fully saturated rings. The van der Waals surface area contributed by atoms with Crippen LogP contribution in [0, 0.1) is 11.3 Å². The van der Waals surface area contributed by atoms with Crippen molar-refractivity contribution in [1.29, 1.82) is 0 Å². The third-order valence-electron chi connectivity index (χ3n) is 4.75. The van der Waals surface area contributed by atoms with E-state index in [0.717, 1.165) is 32.4 Å². The van der Waals surface area contributed by atoms with Crippen molar-refractivity contribution in [3.8, 4) is 0 Å². The Kier molecular flexibility index (Phi) is 4.81. The van der Waals surface area contributed by atoms with Gasteiger partial charge in [-0.15, -0.1) is 0 Å². The van der Waals surface area contributed by atoms with Gasteiger partial charge in [-0.25, -0.2) is 0 Å². The molecule has 0 bridgehead atoms. The molecule has 0 spiro atoms. The third kappa shape index (κ3) is 3.27. The lowest BCUT2D eigenvalue weighted by molar-refractivity contribution is -0.137. The Balaban J connectivity index is 1.95. The van der Waals surface area contributed by atoms with E-state index in [1.165, 1.54) is 0 Å². The van der Waals surface area contributed by atoms with Gasteiger partial charge in [0.05, 0.1) is 5.41 Å². The first-order chi connectivity index (χ1) is 9.07. The number of carbonyl (C=O) groups is 1. The summed E-state index contributed by atoms with van der Waals surface area (Å²) in [7, 11) is 2.13. The summed E-state index contributed by atoms with van der Waals surface area (Å²) >= 11 is 0. The first kappa shape index (κ1) is 14.8. The quantitative estimate of drug-likeness (QED) is 0.768. The number of piperidine rings is 1. The monoisotopic (exact) mass is 269 g/mol. The fraction of sp³-hybridized carbons (Fsp3) is 0.929. The summed E-state index contributed by atoms with van der Waals surface area (Å²) in [6.45, 7) is 6.02. The zero-order chi connectivity index (χ0) is 13.9. The Bertz CT molecular complexity index is 316. The van der Waals surface area contributed by atoms with E-state index < -0.39 is 5.41 Å². The van der Waals surface area contributed by atoms with E-state index in [0.29, 0.717) is 25.7 Å². The van der Waals surface area contributed by atoms with Crippen LogP contribution in [0.5, 0.6) is 0 Å². The van der Waals surface area contributed by atoms with Crippen LogP contribution in [0.1, 0.15) is 26.2 Å². The van der Waals surface area contributed by atoms with Gasteiger partial charge in [0, 0.05) is 32.3 Å². The van der Waals surface area contributed by atoms with E-state index in [9.17, 15) is 4.79 Å². The smallest absolute Gasteiger partial charge is 0.227 e. The van der Waals surface area contributed by atoms with Gasteiger partial charge in [-0.2, -0.15) is 0 Å². The molecular weight excluding hydrogens is 242 g/mol. The summed E-state index contributed by atoms with van der Waals surface area (Å²) in [6.07, 6.45) is 2.52. The molecule has 2 aliphatic rings. The summed E-state index contributed by atoms with van der Waals surface area (Å²) in [6, 6.07) is 0.287. The van der Waals surface area contributed by atoms with E-state index in [-0.39, 0.29) is 11.9 Å². The molecule has 0 aromatic carbocycles. The van der Waals surface area contributed by atoms with Gasteiger partial charge < -0.3 is 20.7 Å². The molecule has 2 atom stereocenters. The predicted molar refractivity (Wildman–Crippen MR) is 74.7 cm³/mol. The molecule has 2 aliphatic heterocycles. The van der Waals surface area contributed by atoms with Crippen molar-refractivity contribution in [3.63, 3.8) is 0 Å². The lowest BCUT2D eigenvalue weighted by Crippen LogP contribution is -2.55. The van der Waals surface area contributed by atoms with Crippen LogP contribution in [0.2, 0.25) is 0 Å². The molecule has 19 heavy (non-hydrogen) atoms. The number of hydrogen-bond acceptors (Lipinski definition) is 4. The number of nitrogens with zero attached hydrogens (tertiary/aromatic N) is 1. The molecule has 0 radical (unpaired) electrons. The molecule has 0 aromatic rings. The molecule has 2 heterocycles. The van der Waals surface area contributed by atoms with Crippen molar-refractivity contribution in [3.05, 3.63) is 0 Å². The largest absolute Gasteiger partial charge is 0.381 e. The lowest BCUT2D eigenvalue weighted by Gasteiger charge is -2.39. The first-order valence-electron chi connectivity index (χ1n) is 7.35. The molecule has 5 nitrogen and oxygen atoms in total. The van der Waals surface area contributed by atoms with E-state index in [1.54, 1.807) is 0 Å². The minimum absolute atomic E-state index is 0.139. The highest BCUT2D eigenvalue weighted by Crippen LogP contribution is 2.30. The van der Waals surface area contributed by atoms with Crippen LogP contribution in [0.15, 0.2) is 0 Å². The zero-order valence-electron chi connectivity index (χ0n) is 12.2. The maximum absolute atomic E-state index is 12.6. The molecule has 2 saturated heterocycles. The van der Waals surface area contributed by atoms with Gasteiger partial charge in [-0.05, 0) is 38.8 Å². The summed E-state index contributed by atoms with van der Waals surface area (Å²) in [5.41, 5.74) is 5.47. The number of carbonyl (C=O) groups excluding carboxylic acids is 1. The van der Waals surface area contributed by atoms with Crippen LogP contribution in [-0.2, 0) is 9.53 Å². The van der Waals surface area contributed by atoms with Gasteiger partial charge in [0.15, 0.2) is 0 Å². The molecule has 3 N–H and O–H groups in total. The van der Waals surface area contributed by atoms with E-state index in [1.807, 2.05) is 0 Å². The second-order valence-electron chi connectivity index (χ2n) is 6.20. The standard InChI is InChI=1S/C14H27N3O2/c1-11-9-17(2)6-3-12(11)16-13(18)14(10-15)4-7-19-8-5-14/h11-12H,3-10,15H2,1-2H3,(H,16,18). The Morgan fingerprint density at radius 3 is 2.74 bits per heavy atom. The van der Waals surface area contributed by atoms with Gasteiger partial charge in [0.1, 0.15) is 0 Å². The predicted octanol–water partition coefficient (Wildman–Crippen LogP) is 0.198. The second-order valence-corrected chi connectivity index (χ2v) is 6.20.